The van der Waals surface area contributed by atoms with E-state index < -0.39 is 15.5 Å². The third-order valence-corrected chi connectivity index (χ3v) is 5.53. The Morgan fingerprint density at radius 3 is 2.56 bits per heavy atom. The van der Waals surface area contributed by atoms with Gasteiger partial charge in [-0.25, -0.2) is 0 Å². The van der Waals surface area contributed by atoms with Gasteiger partial charge in [0, 0.05) is 10.6 Å². The lowest BCUT2D eigenvalue weighted by molar-refractivity contribution is -0.0429. The van der Waals surface area contributed by atoms with Crippen molar-refractivity contribution >= 4 is 33.0 Å². The first-order valence-corrected chi connectivity index (χ1v) is 10.6. The van der Waals surface area contributed by atoms with E-state index in [0.717, 1.165) is 32.1 Å². The van der Waals surface area contributed by atoms with Crippen LogP contribution in [-0.4, -0.2) is 25.7 Å². The number of nitrogens with zero attached hydrogens (tertiary/aromatic N) is 1. The van der Waals surface area contributed by atoms with Crippen LogP contribution in [0.2, 0.25) is 5.02 Å². The second-order valence-electron chi connectivity index (χ2n) is 6.39. The summed E-state index contributed by atoms with van der Waals surface area (Å²) in [7, 11) is -5.56. The van der Waals surface area contributed by atoms with E-state index in [4.69, 9.17) is 16.4 Å². The molecular weight excluding hydrogens is 405 g/mol. The number of nitrogens with one attached hydrogen (secondary N) is 1. The van der Waals surface area contributed by atoms with Gasteiger partial charge in [0.1, 0.15) is 6.10 Å². The zero-order valence-corrected chi connectivity index (χ0v) is 16.4. The Morgan fingerprint density at radius 1 is 1.30 bits per heavy atom. The van der Waals surface area contributed by atoms with Crippen molar-refractivity contribution in [3.8, 4) is 0 Å². The lowest BCUT2D eigenvalue weighted by Gasteiger charge is -2.20. The molecule has 0 amide bonds. The maximum Gasteiger partial charge on any atom is 0.516 e. The van der Waals surface area contributed by atoms with Gasteiger partial charge in [0.05, 0.1) is 11.4 Å². The topological polar surface area (TPSA) is 67.8 Å². The van der Waals surface area contributed by atoms with Crippen molar-refractivity contribution in [2.24, 2.45) is 5.16 Å². The van der Waals surface area contributed by atoms with Crippen molar-refractivity contribution in [3.63, 3.8) is 0 Å². The molecule has 5 nitrogen and oxygen atoms in total. The molecule has 1 aromatic rings. The third-order valence-electron chi connectivity index (χ3n) is 4.19. The van der Waals surface area contributed by atoms with E-state index in [-0.39, 0.29) is 22.4 Å². The number of anilines is 1. The molecule has 152 valence electrons. The second-order valence-corrected chi connectivity index (χ2v) is 8.50. The fourth-order valence-electron chi connectivity index (χ4n) is 2.82. The van der Waals surface area contributed by atoms with Gasteiger partial charge in [0.2, 0.25) is 0 Å². The highest BCUT2D eigenvalue weighted by atomic mass is 35.5. The van der Waals surface area contributed by atoms with E-state index in [0.29, 0.717) is 18.6 Å². The number of rotatable bonds is 7. The Balaban J connectivity index is 2.35. The normalized spacial score (nSPS) is 17.0. The number of hydrogen-bond donors (Lipinski definition) is 1. The molecule has 1 fully saturated rings. The molecule has 0 aliphatic heterocycles. The molecule has 0 bridgehead atoms. The maximum absolute atomic E-state index is 12.7. The van der Waals surface area contributed by atoms with Gasteiger partial charge in [-0.2, -0.15) is 21.6 Å². The Labute approximate surface area is 162 Å². The van der Waals surface area contributed by atoms with E-state index in [1.165, 1.54) is 18.2 Å². The van der Waals surface area contributed by atoms with Crippen molar-refractivity contribution in [1.29, 1.82) is 0 Å². The largest absolute Gasteiger partial charge is 0.516 e. The molecule has 0 aromatic heterocycles. The van der Waals surface area contributed by atoms with Gasteiger partial charge in [0.25, 0.3) is 0 Å². The number of sulfonamides is 1. The maximum atomic E-state index is 12.7. The molecule has 1 aromatic carbocycles. The summed E-state index contributed by atoms with van der Waals surface area (Å²) in [5, 5.41) is 4.39. The number of oxime groups is 1. The predicted octanol–water partition coefficient (Wildman–Crippen LogP) is 5.46. The van der Waals surface area contributed by atoms with E-state index in [1.807, 2.05) is 6.92 Å². The van der Waals surface area contributed by atoms with Gasteiger partial charge in [0.15, 0.2) is 0 Å². The van der Waals surface area contributed by atoms with Gasteiger partial charge < -0.3 is 4.84 Å². The van der Waals surface area contributed by atoms with Crippen molar-refractivity contribution in [1.82, 2.24) is 0 Å². The zero-order valence-electron chi connectivity index (χ0n) is 14.9. The van der Waals surface area contributed by atoms with E-state index in [9.17, 15) is 21.6 Å². The van der Waals surface area contributed by atoms with Crippen molar-refractivity contribution < 1.29 is 26.4 Å². The van der Waals surface area contributed by atoms with Gasteiger partial charge >= 0.3 is 15.5 Å². The number of halogens is 4. The average Bonchev–Trinajstić information content (AvgIpc) is 2.60. The lowest BCUT2D eigenvalue weighted by atomic mass is 9.98. The molecule has 0 spiro atoms. The fourth-order valence-corrected chi connectivity index (χ4v) is 3.58. The first-order valence-electron chi connectivity index (χ1n) is 8.75. The highest BCUT2D eigenvalue weighted by Gasteiger charge is 2.46. The summed E-state index contributed by atoms with van der Waals surface area (Å²) in [6.07, 6.45) is 5.95. The molecule has 0 atom stereocenters. The standard InChI is InChI=1S/C17H22ClF3N2O3S/c1-2-6-15(22-26-13-7-4-3-5-8-13)14-11-12(18)9-10-16(14)23-27(24,25)17(19,20)21/h9-11,13,23H,2-8H2,1H3/b22-15+. The fraction of sp³-hybridized carbons (Fsp3) is 0.588. The van der Waals surface area contributed by atoms with Gasteiger partial charge in [-0.1, -0.05) is 36.5 Å². The summed E-state index contributed by atoms with van der Waals surface area (Å²) in [6.45, 7) is 1.88. The van der Waals surface area contributed by atoms with Crippen LogP contribution in [0.15, 0.2) is 23.4 Å². The van der Waals surface area contributed by atoms with E-state index in [1.54, 1.807) is 4.72 Å². The minimum atomic E-state index is -5.56. The monoisotopic (exact) mass is 426 g/mol. The summed E-state index contributed by atoms with van der Waals surface area (Å²) in [4.78, 5) is 5.59. The second kappa shape index (κ2) is 9.14. The molecule has 1 saturated carbocycles. The Morgan fingerprint density at radius 2 is 1.96 bits per heavy atom. The molecule has 1 aliphatic carbocycles. The van der Waals surface area contributed by atoms with E-state index in [2.05, 4.69) is 5.16 Å². The van der Waals surface area contributed by atoms with Crippen molar-refractivity contribution in [2.75, 3.05) is 4.72 Å². The van der Waals surface area contributed by atoms with Crippen LogP contribution in [-0.2, 0) is 14.9 Å². The van der Waals surface area contributed by atoms with Crippen LogP contribution in [0.1, 0.15) is 57.4 Å². The molecule has 1 aliphatic rings. The average molecular weight is 427 g/mol. The molecule has 0 unspecified atom stereocenters. The van der Waals surface area contributed by atoms with Crippen LogP contribution in [0, 0.1) is 0 Å². The Kier molecular flexibility index (Phi) is 7.39. The first-order chi connectivity index (χ1) is 12.6. The summed E-state index contributed by atoms with van der Waals surface area (Å²) < 4.78 is 62.8. The molecule has 0 radical (unpaired) electrons. The summed E-state index contributed by atoms with van der Waals surface area (Å²) in [5.41, 5.74) is -5.14. The molecule has 10 heteroatoms. The van der Waals surface area contributed by atoms with Crippen LogP contribution in [0.4, 0.5) is 18.9 Å². The van der Waals surface area contributed by atoms with Gasteiger partial charge in [-0.15, -0.1) is 0 Å². The summed E-state index contributed by atoms with van der Waals surface area (Å²) in [6, 6.07) is 3.88. The first kappa shape index (κ1) is 21.8. The number of benzene rings is 1. The van der Waals surface area contributed by atoms with E-state index >= 15 is 0 Å². The molecule has 0 saturated heterocycles. The zero-order chi connectivity index (χ0) is 20.1. The van der Waals surface area contributed by atoms with Crippen LogP contribution < -0.4 is 4.72 Å². The minimum absolute atomic E-state index is 0.0416. The highest BCUT2D eigenvalue weighted by molar-refractivity contribution is 7.93. The minimum Gasteiger partial charge on any atom is -0.392 e. The van der Waals surface area contributed by atoms with Crippen LogP contribution in [0.5, 0.6) is 0 Å². The smallest absolute Gasteiger partial charge is 0.392 e. The quantitative estimate of drug-likeness (QED) is 0.465. The van der Waals surface area contributed by atoms with Crippen LogP contribution in [0.3, 0.4) is 0 Å². The third kappa shape index (κ3) is 6.00. The molecule has 2 rings (SSSR count). The molecule has 0 heterocycles. The lowest BCUT2D eigenvalue weighted by Crippen LogP contribution is -2.30. The van der Waals surface area contributed by atoms with Crippen molar-refractivity contribution in [3.05, 3.63) is 28.8 Å². The van der Waals surface area contributed by atoms with Gasteiger partial charge in [-0.05, 0) is 50.3 Å². The highest BCUT2D eigenvalue weighted by Crippen LogP contribution is 2.30. The summed E-state index contributed by atoms with van der Waals surface area (Å²) in [5.74, 6) is 0. The number of alkyl halides is 3. The van der Waals surface area contributed by atoms with Crippen LogP contribution in [0.25, 0.3) is 0 Å². The summed E-state index contributed by atoms with van der Waals surface area (Å²) >= 11 is 5.98. The van der Waals surface area contributed by atoms with Gasteiger partial charge in [-0.3, -0.25) is 4.72 Å². The predicted molar refractivity (Wildman–Crippen MR) is 99.5 cm³/mol. The van der Waals surface area contributed by atoms with Crippen molar-refractivity contribution in [2.45, 2.75) is 63.5 Å². The Bertz CT molecular complexity index is 776. The Hall–Kier alpha value is -1.48. The SMILES string of the molecule is CCC/C(=N\OC1CCCCC1)c1cc(Cl)ccc1NS(=O)(=O)C(F)(F)F. The molecule has 1 N–H and O–H groups in total. The number of hydrogen-bond acceptors (Lipinski definition) is 4. The molecular formula is C17H22ClF3N2O3S. The molecule has 27 heavy (non-hydrogen) atoms. The van der Waals surface area contributed by atoms with Crippen LogP contribution >= 0.6 is 11.6 Å².